The van der Waals surface area contributed by atoms with Crippen molar-refractivity contribution < 1.29 is 8.98 Å². The van der Waals surface area contributed by atoms with E-state index in [4.69, 9.17) is 4.42 Å². The number of furan rings is 1. The topological polar surface area (TPSA) is 21.9 Å². The van der Waals surface area contributed by atoms with Crippen LogP contribution in [0.2, 0.25) is 0 Å². The first-order valence-corrected chi connectivity index (χ1v) is 18.5. The molecule has 3 nitrogen and oxygen atoms in total. The normalized spacial score (nSPS) is 11.5. The molecule has 0 aliphatic heterocycles. The molecule has 0 amide bonds. The zero-order valence-corrected chi connectivity index (χ0v) is 30.2. The molecule has 0 saturated carbocycles. The maximum Gasteiger partial charge on any atom is 0.298 e. The van der Waals surface area contributed by atoms with Gasteiger partial charge in [0, 0.05) is 10.8 Å². The molecule has 0 fully saturated rings. The molecule has 0 spiro atoms. The largest absolute Gasteiger partial charge is 0.455 e. The van der Waals surface area contributed by atoms with Crippen molar-refractivity contribution in [3.8, 4) is 61.6 Å². The molecule has 8 aromatic carbocycles. The van der Waals surface area contributed by atoms with Gasteiger partial charge in [-0.2, -0.15) is 4.57 Å². The van der Waals surface area contributed by atoms with Crippen molar-refractivity contribution in [2.24, 2.45) is 7.05 Å². The van der Waals surface area contributed by atoms with Crippen molar-refractivity contribution in [1.82, 2.24) is 4.57 Å². The molecule has 10 rings (SSSR count). The Balaban J connectivity index is 0.956. The summed E-state index contributed by atoms with van der Waals surface area (Å²) in [5.41, 5.74) is 17.2. The lowest BCUT2D eigenvalue weighted by molar-refractivity contribution is -0.633. The van der Waals surface area contributed by atoms with Crippen molar-refractivity contribution >= 4 is 33.0 Å². The number of fused-ring (bicyclic) bond motifs is 4. The van der Waals surface area contributed by atoms with E-state index in [0.717, 1.165) is 50.0 Å². The van der Waals surface area contributed by atoms with Crippen LogP contribution in [0.5, 0.6) is 0 Å². The van der Waals surface area contributed by atoms with Gasteiger partial charge >= 0.3 is 0 Å². The number of imidazole rings is 1. The number of rotatable bonds is 6. The van der Waals surface area contributed by atoms with E-state index < -0.39 is 0 Å². The van der Waals surface area contributed by atoms with E-state index in [-0.39, 0.29) is 0 Å². The molecule has 54 heavy (non-hydrogen) atoms. The summed E-state index contributed by atoms with van der Waals surface area (Å²) < 4.78 is 11.3. The van der Waals surface area contributed by atoms with Gasteiger partial charge in [0.05, 0.1) is 7.05 Å². The fourth-order valence-electron chi connectivity index (χ4n) is 8.02. The van der Waals surface area contributed by atoms with Crippen molar-refractivity contribution in [2.45, 2.75) is 6.92 Å². The van der Waals surface area contributed by atoms with Crippen LogP contribution in [0.1, 0.15) is 5.56 Å². The average molecular weight is 694 g/mol. The van der Waals surface area contributed by atoms with Gasteiger partial charge in [-0.25, -0.2) is 4.57 Å². The minimum Gasteiger partial charge on any atom is -0.455 e. The van der Waals surface area contributed by atoms with E-state index in [0.29, 0.717) is 0 Å². The first-order valence-electron chi connectivity index (χ1n) is 18.5. The zero-order chi connectivity index (χ0) is 36.2. The molecule has 0 aliphatic rings. The number of aryl methyl sites for hydroxylation is 2. The second-order valence-electron chi connectivity index (χ2n) is 14.1. The summed E-state index contributed by atoms with van der Waals surface area (Å²) in [6.45, 7) is 2.18. The van der Waals surface area contributed by atoms with Gasteiger partial charge in [-0.05, 0) is 87.3 Å². The van der Waals surface area contributed by atoms with Crippen LogP contribution < -0.4 is 4.57 Å². The standard InChI is InChI=1S/C51H37N2O/c1-34-16-33-45-44-12-6-9-15-48(44)54-50(45)49(34)51-52(2)46-13-7-8-14-47(46)53(51)43-31-29-42(30-32-43)41-27-25-40(26-28-41)39-23-21-38(22-24-39)37-19-17-36(18-20-37)35-10-4-3-5-11-35/h3-33H,1-2H3/q+1. The zero-order valence-electron chi connectivity index (χ0n) is 30.2. The Bertz CT molecular complexity index is 2950. The van der Waals surface area contributed by atoms with Gasteiger partial charge in [-0.15, -0.1) is 0 Å². The number of hydrogen-bond acceptors (Lipinski definition) is 1. The Hall–Kier alpha value is -6.97. The summed E-state index contributed by atoms with van der Waals surface area (Å²) in [5.74, 6) is 1.09. The molecule has 0 N–H and O–H groups in total. The van der Waals surface area contributed by atoms with Gasteiger partial charge in [0.15, 0.2) is 16.6 Å². The minimum absolute atomic E-state index is 0.905. The predicted molar refractivity (Wildman–Crippen MR) is 224 cm³/mol. The third-order valence-corrected chi connectivity index (χ3v) is 10.9. The molecule has 0 radical (unpaired) electrons. The molecule has 2 aromatic heterocycles. The third-order valence-electron chi connectivity index (χ3n) is 10.9. The van der Waals surface area contributed by atoms with E-state index in [1.165, 1.54) is 50.1 Å². The van der Waals surface area contributed by atoms with Crippen LogP contribution in [-0.2, 0) is 7.05 Å². The quantitative estimate of drug-likeness (QED) is 0.159. The van der Waals surface area contributed by atoms with Crippen molar-refractivity contribution in [3.05, 3.63) is 194 Å². The summed E-state index contributed by atoms with van der Waals surface area (Å²) in [6, 6.07) is 67.4. The van der Waals surface area contributed by atoms with Crippen LogP contribution in [0.4, 0.5) is 0 Å². The van der Waals surface area contributed by atoms with Crippen LogP contribution >= 0.6 is 0 Å². The van der Waals surface area contributed by atoms with Gasteiger partial charge < -0.3 is 4.42 Å². The summed E-state index contributed by atoms with van der Waals surface area (Å²) in [6.07, 6.45) is 0. The molecule has 10 aromatic rings. The van der Waals surface area contributed by atoms with Gasteiger partial charge in [-0.1, -0.05) is 158 Å². The van der Waals surface area contributed by atoms with E-state index in [1.807, 2.05) is 6.07 Å². The molecule has 0 unspecified atom stereocenters. The summed E-state index contributed by atoms with van der Waals surface area (Å²) in [5, 5.41) is 2.27. The maximum absolute atomic E-state index is 6.60. The Morgan fingerprint density at radius 2 is 0.889 bits per heavy atom. The van der Waals surface area contributed by atoms with Gasteiger partial charge in [0.1, 0.15) is 16.8 Å². The van der Waals surface area contributed by atoms with Crippen molar-refractivity contribution in [3.63, 3.8) is 0 Å². The summed E-state index contributed by atoms with van der Waals surface area (Å²) >= 11 is 0. The molecule has 256 valence electrons. The molecule has 3 heteroatoms. The van der Waals surface area contributed by atoms with Crippen molar-refractivity contribution in [2.75, 3.05) is 0 Å². The third kappa shape index (κ3) is 5.33. The first kappa shape index (κ1) is 31.7. The van der Waals surface area contributed by atoms with Gasteiger partial charge in [0.2, 0.25) is 0 Å². The van der Waals surface area contributed by atoms with Crippen LogP contribution in [-0.4, -0.2) is 4.57 Å². The molecule has 0 bridgehead atoms. The minimum atomic E-state index is 0.905. The highest BCUT2D eigenvalue weighted by molar-refractivity contribution is 6.09. The molecule has 2 heterocycles. The molecule has 0 aliphatic carbocycles. The lowest BCUT2D eigenvalue weighted by atomic mass is 9.97. The number of benzene rings is 8. The van der Waals surface area contributed by atoms with Crippen LogP contribution in [0, 0.1) is 6.92 Å². The SMILES string of the molecule is Cc1ccc2c(oc3ccccc32)c1-c1n(-c2ccc(-c3ccc(-c4ccc(-c5ccc(-c6ccccc6)cc5)cc4)cc3)cc2)c2ccccc2[n+]1C. The first-order chi connectivity index (χ1) is 26.6. The van der Waals surface area contributed by atoms with Gasteiger partial charge in [0.25, 0.3) is 5.82 Å². The second-order valence-corrected chi connectivity index (χ2v) is 14.1. The monoisotopic (exact) mass is 693 g/mol. The van der Waals surface area contributed by atoms with Crippen LogP contribution in [0.3, 0.4) is 0 Å². The molecular formula is C51H37N2O+. The highest BCUT2D eigenvalue weighted by atomic mass is 16.3. The van der Waals surface area contributed by atoms with Crippen LogP contribution in [0.15, 0.2) is 192 Å². The van der Waals surface area contributed by atoms with Crippen molar-refractivity contribution in [1.29, 1.82) is 0 Å². The Morgan fingerprint density at radius 1 is 0.426 bits per heavy atom. The lowest BCUT2D eigenvalue weighted by Gasteiger charge is -2.09. The van der Waals surface area contributed by atoms with E-state index in [1.54, 1.807) is 0 Å². The summed E-state index contributed by atoms with van der Waals surface area (Å²) in [7, 11) is 2.15. The molecule has 0 atom stereocenters. The Kier molecular flexibility index (Phi) is 7.59. The summed E-state index contributed by atoms with van der Waals surface area (Å²) in [4.78, 5) is 0. The van der Waals surface area contributed by atoms with Crippen LogP contribution in [0.25, 0.3) is 94.6 Å². The average Bonchev–Trinajstić information content (AvgIpc) is 3.76. The number of aromatic nitrogens is 2. The van der Waals surface area contributed by atoms with Gasteiger partial charge in [-0.3, -0.25) is 0 Å². The van der Waals surface area contributed by atoms with E-state index >= 15 is 0 Å². The molecule has 0 saturated heterocycles. The number of hydrogen-bond donors (Lipinski definition) is 0. The number of para-hydroxylation sites is 3. The maximum atomic E-state index is 6.60. The fraction of sp³-hybridized carbons (Fsp3) is 0.0392. The second kappa shape index (κ2) is 12.9. The lowest BCUT2D eigenvalue weighted by Crippen LogP contribution is -2.30. The molecular weight excluding hydrogens is 657 g/mol. The van der Waals surface area contributed by atoms with E-state index in [2.05, 4.69) is 205 Å². The smallest absolute Gasteiger partial charge is 0.298 e. The predicted octanol–water partition coefficient (Wildman–Crippen LogP) is 13.0. The Morgan fingerprint density at radius 3 is 1.46 bits per heavy atom. The van der Waals surface area contributed by atoms with E-state index in [9.17, 15) is 0 Å². The fourth-order valence-corrected chi connectivity index (χ4v) is 8.02. The number of nitrogens with zero attached hydrogens (tertiary/aromatic N) is 2. The Labute approximate surface area is 314 Å². The highest BCUT2D eigenvalue weighted by Gasteiger charge is 2.30. The highest BCUT2D eigenvalue weighted by Crippen LogP contribution is 2.39.